The number of hydrogen-bond donors (Lipinski definition) is 0. The second kappa shape index (κ2) is 7.17. The van der Waals surface area contributed by atoms with Gasteiger partial charge in [0.2, 0.25) is 5.91 Å². The number of aryl methyl sites for hydroxylation is 1. The van der Waals surface area contributed by atoms with E-state index in [1.165, 1.54) is 31.2 Å². The van der Waals surface area contributed by atoms with Crippen molar-refractivity contribution in [2.45, 2.75) is 44.9 Å². The smallest absolute Gasteiger partial charge is 0.225 e. The van der Waals surface area contributed by atoms with Crippen LogP contribution in [0.15, 0.2) is 24.3 Å². The van der Waals surface area contributed by atoms with Crippen LogP contribution < -0.4 is 4.74 Å². The second-order valence-corrected chi connectivity index (χ2v) is 6.81. The summed E-state index contributed by atoms with van der Waals surface area (Å²) >= 11 is 0. The molecule has 1 aromatic rings. The molecule has 1 heterocycles. The Morgan fingerprint density at radius 1 is 1.27 bits per heavy atom. The van der Waals surface area contributed by atoms with Crippen LogP contribution in [-0.2, 0) is 11.2 Å². The van der Waals surface area contributed by atoms with E-state index >= 15 is 0 Å². The van der Waals surface area contributed by atoms with Gasteiger partial charge >= 0.3 is 0 Å². The Bertz CT molecular complexity index is 510. The Hall–Kier alpha value is -1.51. The number of benzene rings is 1. The fourth-order valence-corrected chi connectivity index (χ4v) is 3.61. The molecule has 0 N–H and O–H groups in total. The Balaban J connectivity index is 1.50. The molecule has 3 rings (SSSR count). The topological polar surface area (TPSA) is 29.5 Å². The molecule has 1 aliphatic carbocycles. The molecule has 0 radical (unpaired) electrons. The van der Waals surface area contributed by atoms with Gasteiger partial charge in [-0.15, -0.1) is 0 Å². The summed E-state index contributed by atoms with van der Waals surface area (Å²) in [5, 5.41) is 0. The molecular weight excluding hydrogens is 274 g/mol. The third-order valence-corrected chi connectivity index (χ3v) is 5.26. The molecule has 1 saturated heterocycles. The number of carbonyl (C=O) groups is 1. The minimum Gasteiger partial charge on any atom is -0.497 e. The highest BCUT2D eigenvalue weighted by Crippen LogP contribution is 2.31. The maximum Gasteiger partial charge on any atom is 0.225 e. The van der Waals surface area contributed by atoms with Crippen LogP contribution in [0.3, 0.4) is 0 Å². The maximum absolute atomic E-state index is 12.4. The first kappa shape index (κ1) is 15.4. The van der Waals surface area contributed by atoms with Crippen molar-refractivity contribution in [2.24, 2.45) is 11.8 Å². The van der Waals surface area contributed by atoms with E-state index in [9.17, 15) is 4.79 Å². The lowest BCUT2D eigenvalue weighted by Gasteiger charge is -2.37. The molecule has 0 bridgehead atoms. The van der Waals surface area contributed by atoms with Gasteiger partial charge in [-0.2, -0.15) is 0 Å². The number of amides is 1. The Labute approximate surface area is 133 Å². The van der Waals surface area contributed by atoms with E-state index in [0.717, 1.165) is 38.1 Å². The van der Waals surface area contributed by atoms with Gasteiger partial charge in [0, 0.05) is 19.0 Å². The van der Waals surface area contributed by atoms with Gasteiger partial charge in [0.25, 0.3) is 0 Å². The first-order valence-corrected chi connectivity index (χ1v) is 8.68. The van der Waals surface area contributed by atoms with Crippen molar-refractivity contribution < 1.29 is 9.53 Å². The minimum absolute atomic E-state index is 0.345. The van der Waals surface area contributed by atoms with Gasteiger partial charge in [0.05, 0.1) is 7.11 Å². The molecule has 120 valence electrons. The van der Waals surface area contributed by atoms with Crippen molar-refractivity contribution in [1.82, 2.24) is 4.90 Å². The van der Waals surface area contributed by atoms with Crippen LogP contribution in [0, 0.1) is 11.8 Å². The van der Waals surface area contributed by atoms with Crippen LogP contribution in [0.4, 0.5) is 0 Å². The van der Waals surface area contributed by atoms with Gasteiger partial charge in [-0.3, -0.25) is 4.79 Å². The van der Waals surface area contributed by atoms with Gasteiger partial charge in [0.15, 0.2) is 0 Å². The molecule has 3 heteroatoms. The summed E-state index contributed by atoms with van der Waals surface area (Å²) in [6.45, 7) is 1.95. The van der Waals surface area contributed by atoms with E-state index in [0.29, 0.717) is 17.7 Å². The third kappa shape index (κ3) is 3.63. The zero-order valence-corrected chi connectivity index (χ0v) is 13.6. The monoisotopic (exact) mass is 301 g/mol. The zero-order chi connectivity index (χ0) is 15.4. The average Bonchev–Trinajstić information content (AvgIpc) is 2.52. The Kier molecular flexibility index (Phi) is 5.01. The SMILES string of the molecule is COc1cccc(CC[C@H]2CCCN(C(=O)C3CCC3)C2)c1. The molecule has 0 spiro atoms. The largest absolute Gasteiger partial charge is 0.497 e. The summed E-state index contributed by atoms with van der Waals surface area (Å²) < 4.78 is 5.29. The minimum atomic E-state index is 0.345. The number of rotatable bonds is 5. The van der Waals surface area contributed by atoms with Gasteiger partial charge in [-0.05, 0) is 62.1 Å². The van der Waals surface area contributed by atoms with Crippen LogP contribution >= 0.6 is 0 Å². The summed E-state index contributed by atoms with van der Waals surface area (Å²) in [7, 11) is 1.71. The number of likely N-dealkylation sites (tertiary alicyclic amines) is 1. The molecule has 2 aliphatic rings. The normalized spacial score (nSPS) is 22.2. The van der Waals surface area contributed by atoms with E-state index in [4.69, 9.17) is 4.74 Å². The summed E-state index contributed by atoms with van der Waals surface area (Å²) in [5.41, 5.74) is 1.33. The molecule has 22 heavy (non-hydrogen) atoms. The maximum atomic E-state index is 12.4. The van der Waals surface area contributed by atoms with Gasteiger partial charge < -0.3 is 9.64 Å². The highest BCUT2D eigenvalue weighted by atomic mass is 16.5. The van der Waals surface area contributed by atoms with Crippen LogP contribution in [0.1, 0.15) is 44.1 Å². The predicted octanol–water partition coefficient (Wildman–Crippen LogP) is 3.67. The van der Waals surface area contributed by atoms with Crippen molar-refractivity contribution >= 4 is 5.91 Å². The van der Waals surface area contributed by atoms with Gasteiger partial charge in [-0.25, -0.2) is 0 Å². The van der Waals surface area contributed by atoms with E-state index in [-0.39, 0.29) is 0 Å². The highest BCUT2D eigenvalue weighted by molar-refractivity contribution is 5.79. The number of piperidine rings is 1. The van der Waals surface area contributed by atoms with Crippen molar-refractivity contribution in [1.29, 1.82) is 0 Å². The fraction of sp³-hybridized carbons (Fsp3) is 0.632. The Morgan fingerprint density at radius 2 is 2.14 bits per heavy atom. The summed E-state index contributed by atoms with van der Waals surface area (Å²) in [6, 6.07) is 8.34. The molecular formula is C19H27NO2. The zero-order valence-electron chi connectivity index (χ0n) is 13.6. The number of hydrogen-bond acceptors (Lipinski definition) is 2. The van der Waals surface area contributed by atoms with E-state index in [2.05, 4.69) is 23.1 Å². The van der Waals surface area contributed by atoms with Crippen LogP contribution in [-0.4, -0.2) is 31.0 Å². The summed E-state index contributed by atoms with van der Waals surface area (Å²) in [6.07, 6.45) is 8.14. The average molecular weight is 301 g/mol. The van der Waals surface area contributed by atoms with Crippen LogP contribution in [0.5, 0.6) is 5.75 Å². The highest BCUT2D eigenvalue weighted by Gasteiger charge is 2.31. The van der Waals surface area contributed by atoms with Crippen molar-refractivity contribution in [3.05, 3.63) is 29.8 Å². The van der Waals surface area contributed by atoms with Crippen molar-refractivity contribution in [2.75, 3.05) is 20.2 Å². The van der Waals surface area contributed by atoms with Gasteiger partial charge in [0.1, 0.15) is 5.75 Å². The molecule has 3 nitrogen and oxygen atoms in total. The predicted molar refractivity (Wildman–Crippen MR) is 88.0 cm³/mol. The lowest BCUT2D eigenvalue weighted by Crippen LogP contribution is -2.44. The molecule has 1 atom stereocenters. The van der Waals surface area contributed by atoms with Gasteiger partial charge in [-0.1, -0.05) is 18.6 Å². The molecule has 2 fully saturated rings. The number of carbonyl (C=O) groups excluding carboxylic acids is 1. The van der Waals surface area contributed by atoms with Crippen molar-refractivity contribution in [3.8, 4) is 5.75 Å². The third-order valence-electron chi connectivity index (χ3n) is 5.26. The molecule has 1 aliphatic heterocycles. The quantitative estimate of drug-likeness (QED) is 0.830. The second-order valence-electron chi connectivity index (χ2n) is 6.81. The first-order chi connectivity index (χ1) is 10.8. The van der Waals surface area contributed by atoms with E-state index in [1.807, 2.05) is 6.07 Å². The number of nitrogens with zero attached hydrogens (tertiary/aromatic N) is 1. The molecule has 1 aromatic carbocycles. The van der Waals surface area contributed by atoms with Crippen LogP contribution in [0.2, 0.25) is 0 Å². The van der Waals surface area contributed by atoms with Crippen molar-refractivity contribution in [3.63, 3.8) is 0 Å². The van der Waals surface area contributed by atoms with E-state index < -0.39 is 0 Å². The summed E-state index contributed by atoms with van der Waals surface area (Å²) in [4.78, 5) is 14.5. The molecule has 1 saturated carbocycles. The van der Waals surface area contributed by atoms with E-state index in [1.54, 1.807) is 7.11 Å². The number of methoxy groups -OCH3 is 1. The lowest BCUT2D eigenvalue weighted by atomic mass is 9.83. The molecule has 1 amide bonds. The standard InChI is InChI=1S/C19H27NO2/c1-22-18-9-2-5-15(13-18)10-11-16-6-4-12-20(14-16)19(21)17-7-3-8-17/h2,5,9,13,16-17H,3-4,6-8,10-12,14H2,1H3/t16-/m1/s1. The lowest BCUT2D eigenvalue weighted by molar-refractivity contribution is -0.140. The number of ether oxygens (including phenoxy) is 1. The molecule has 0 unspecified atom stereocenters. The fourth-order valence-electron chi connectivity index (χ4n) is 3.61. The summed E-state index contributed by atoms with van der Waals surface area (Å²) in [5.74, 6) is 2.36. The Morgan fingerprint density at radius 3 is 2.86 bits per heavy atom. The van der Waals surface area contributed by atoms with Crippen LogP contribution in [0.25, 0.3) is 0 Å². The molecule has 0 aromatic heterocycles. The first-order valence-electron chi connectivity index (χ1n) is 8.68.